The van der Waals surface area contributed by atoms with Crippen LogP contribution in [0.4, 0.5) is 10.1 Å². The Morgan fingerprint density at radius 3 is 2.82 bits per heavy atom. The highest BCUT2D eigenvalue weighted by Gasteiger charge is 2.22. The van der Waals surface area contributed by atoms with E-state index >= 15 is 0 Å². The summed E-state index contributed by atoms with van der Waals surface area (Å²) in [7, 11) is -3.21. The van der Waals surface area contributed by atoms with Crippen LogP contribution in [0.2, 0.25) is 0 Å². The van der Waals surface area contributed by atoms with Gasteiger partial charge in [0.05, 0.1) is 18.5 Å². The van der Waals surface area contributed by atoms with E-state index in [1.165, 1.54) is 6.07 Å². The van der Waals surface area contributed by atoms with E-state index < -0.39 is 10.0 Å². The molecule has 10 heteroatoms. The summed E-state index contributed by atoms with van der Waals surface area (Å²) < 4.78 is 38.9. The van der Waals surface area contributed by atoms with E-state index in [1.54, 1.807) is 6.07 Å². The number of anilines is 1. The Labute approximate surface area is 184 Å². The number of aliphatic imine (C=N–C) groups is 1. The van der Waals surface area contributed by atoms with Gasteiger partial charge in [0, 0.05) is 32.2 Å². The molecule has 1 unspecified atom stereocenters. The maximum Gasteiger partial charge on any atom is 0.208 e. The van der Waals surface area contributed by atoms with Crippen LogP contribution in [-0.4, -0.2) is 59.4 Å². The Bertz CT molecular complexity index is 760. The van der Waals surface area contributed by atoms with Crippen LogP contribution in [-0.2, 0) is 10.0 Å². The summed E-state index contributed by atoms with van der Waals surface area (Å²) in [4.78, 5) is 6.48. The van der Waals surface area contributed by atoms with Gasteiger partial charge in [0.25, 0.3) is 0 Å². The molecule has 160 valence electrons. The van der Waals surface area contributed by atoms with Gasteiger partial charge in [-0.15, -0.1) is 24.0 Å². The summed E-state index contributed by atoms with van der Waals surface area (Å²) in [6.45, 7) is 6.74. The molecule has 0 radical (unpaired) electrons. The van der Waals surface area contributed by atoms with Gasteiger partial charge in [-0.05, 0) is 44.4 Å². The zero-order valence-corrected chi connectivity index (χ0v) is 19.8. The third-order valence-corrected chi connectivity index (χ3v) is 5.02. The highest BCUT2D eigenvalue weighted by Crippen LogP contribution is 2.24. The normalized spacial score (nSPS) is 17.8. The van der Waals surface area contributed by atoms with Crippen molar-refractivity contribution in [3.8, 4) is 0 Å². The van der Waals surface area contributed by atoms with Crippen molar-refractivity contribution in [1.29, 1.82) is 0 Å². The molecule has 1 fully saturated rings. The van der Waals surface area contributed by atoms with Crippen LogP contribution in [0.3, 0.4) is 0 Å². The number of aryl methyl sites for hydroxylation is 1. The second-order valence-corrected chi connectivity index (χ2v) is 8.64. The molecule has 0 aromatic heterocycles. The largest absolute Gasteiger partial charge is 0.367 e. The molecule has 1 saturated heterocycles. The third kappa shape index (κ3) is 8.48. The summed E-state index contributed by atoms with van der Waals surface area (Å²) in [5, 5.41) is 6.56. The molecule has 1 aliphatic rings. The van der Waals surface area contributed by atoms with Crippen molar-refractivity contribution in [2.24, 2.45) is 4.99 Å². The molecule has 0 saturated carbocycles. The van der Waals surface area contributed by atoms with Crippen molar-refractivity contribution in [2.45, 2.75) is 32.7 Å². The molecular formula is C18H31FIN5O2S. The Hall–Kier alpha value is -1.14. The number of rotatable bonds is 7. The van der Waals surface area contributed by atoms with Crippen LogP contribution in [0.25, 0.3) is 0 Å². The molecular weight excluding hydrogens is 496 g/mol. The number of guanidine groups is 1. The Morgan fingerprint density at radius 2 is 2.14 bits per heavy atom. The fourth-order valence-electron chi connectivity index (χ4n) is 3.09. The van der Waals surface area contributed by atoms with E-state index in [2.05, 4.69) is 25.2 Å². The van der Waals surface area contributed by atoms with Gasteiger partial charge >= 0.3 is 0 Å². The maximum absolute atomic E-state index is 14.2. The molecule has 7 nitrogen and oxygen atoms in total. The average Bonchev–Trinajstić information content (AvgIpc) is 2.60. The lowest BCUT2D eigenvalue weighted by Gasteiger charge is -2.35. The number of benzene rings is 1. The van der Waals surface area contributed by atoms with E-state index in [0.717, 1.165) is 31.2 Å². The predicted molar refractivity (Wildman–Crippen MR) is 124 cm³/mol. The summed E-state index contributed by atoms with van der Waals surface area (Å²) in [6, 6.07) is 5.31. The molecule has 1 heterocycles. The van der Waals surface area contributed by atoms with Crippen LogP contribution in [0.15, 0.2) is 23.2 Å². The summed E-state index contributed by atoms with van der Waals surface area (Å²) in [5.41, 5.74) is 1.68. The summed E-state index contributed by atoms with van der Waals surface area (Å²) >= 11 is 0. The van der Waals surface area contributed by atoms with E-state index in [-0.39, 0.29) is 42.4 Å². The first-order valence-electron chi connectivity index (χ1n) is 9.29. The van der Waals surface area contributed by atoms with Gasteiger partial charge in [0.15, 0.2) is 5.96 Å². The SMILES string of the molecule is CCNC(=NCCNS(C)(=O)=O)NC1CCCN(c2cc(C)ccc2F)C1.I. The minimum absolute atomic E-state index is 0. The van der Waals surface area contributed by atoms with Gasteiger partial charge in [-0.2, -0.15) is 0 Å². The van der Waals surface area contributed by atoms with Crippen molar-refractivity contribution in [3.05, 3.63) is 29.6 Å². The minimum atomic E-state index is -3.21. The monoisotopic (exact) mass is 527 g/mol. The van der Waals surface area contributed by atoms with Crippen LogP contribution < -0.4 is 20.3 Å². The van der Waals surface area contributed by atoms with Crippen molar-refractivity contribution in [3.63, 3.8) is 0 Å². The van der Waals surface area contributed by atoms with Crippen LogP contribution in [0.5, 0.6) is 0 Å². The number of hydrogen-bond donors (Lipinski definition) is 3. The zero-order chi connectivity index (χ0) is 19.9. The van der Waals surface area contributed by atoms with Crippen LogP contribution in [0, 0.1) is 12.7 Å². The standard InChI is InChI=1S/C18H30FN5O2S.HI/c1-4-20-18(21-9-10-22-27(3,25)26)23-15-6-5-11-24(13-15)17-12-14(2)7-8-16(17)19;/h7-8,12,15,22H,4-6,9-11,13H2,1-3H3,(H2,20,21,23);1H. The molecule has 1 atom stereocenters. The number of piperidine rings is 1. The molecule has 0 aliphatic carbocycles. The van der Waals surface area contributed by atoms with Crippen molar-refractivity contribution >= 4 is 45.6 Å². The van der Waals surface area contributed by atoms with Gasteiger partial charge in [0.2, 0.25) is 10.0 Å². The lowest BCUT2D eigenvalue weighted by atomic mass is 10.0. The first-order chi connectivity index (χ1) is 12.8. The lowest BCUT2D eigenvalue weighted by molar-refractivity contribution is 0.462. The molecule has 1 aliphatic heterocycles. The number of halogens is 2. The van der Waals surface area contributed by atoms with E-state index in [9.17, 15) is 12.8 Å². The predicted octanol–water partition coefficient (Wildman–Crippen LogP) is 1.83. The van der Waals surface area contributed by atoms with Crippen molar-refractivity contribution in [1.82, 2.24) is 15.4 Å². The second kappa shape index (κ2) is 11.8. The number of sulfonamides is 1. The lowest BCUT2D eigenvalue weighted by Crippen LogP contribution is -2.51. The number of hydrogen-bond acceptors (Lipinski definition) is 4. The van der Waals surface area contributed by atoms with Gasteiger partial charge in [-0.1, -0.05) is 6.07 Å². The van der Waals surface area contributed by atoms with Crippen molar-refractivity contribution in [2.75, 3.05) is 43.9 Å². The quantitative estimate of drug-likeness (QED) is 0.218. The highest BCUT2D eigenvalue weighted by molar-refractivity contribution is 14.0. The highest BCUT2D eigenvalue weighted by atomic mass is 127. The molecule has 28 heavy (non-hydrogen) atoms. The first-order valence-corrected chi connectivity index (χ1v) is 11.2. The van der Waals surface area contributed by atoms with Crippen LogP contribution in [0.1, 0.15) is 25.3 Å². The minimum Gasteiger partial charge on any atom is -0.367 e. The van der Waals surface area contributed by atoms with Gasteiger partial charge in [-0.25, -0.2) is 17.5 Å². The smallest absolute Gasteiger partial charge is 0.208 e. The van der Waals surface area contributed by atoms with Gasteiger partial charge in [-0.3, -0.25) is 4.99 Å². The molecule has 3 N–H and O–H groups in total. The molecule has 1 aromatic rings. The molecule has 0 amide bonds. The first kappa shape index (κ1) is 24.9. The average molecular weight is 527 g/mol. The molecule has 0 bridgehead atoms. The molecule has 0 spiro atoms. The number of nitrogens with one attached hydrogen (secondary N) is 3. The Balaban J connectivity index is 0.00000392. The maximum atomic E-state index is 14.2. The second-order valence-electron chi connectivity index (χ2n) is 6.81. The van der Waals surface area contributed by atoms with Crippen molar-refractivity contribution < 1.29 is 12.8 Å². The fourth-order valence-corrected chi connectivity index (χ4v) is 3.55. The fraction of sp³-hybridized carbons (Fsp3) is 0.611. The number of nitrogens with zero attached hydrogens (tertiary/aromatic N) is 2. The van der Waals surface area contributed by atoms with Gasteiger partial charge < -0.3 is 15.5 Å². The Morgan fingerprint density at radius 1 is 1.39 bits per heavy atom. The Kier molecular flexibility index (Phi) is 10.5. The van der Waals surface area contributed by atoms with E-state index in [1.807, 2.05) is 19.9 Å². The van der Waals surface area contributed by atoms with Gasteiger partial charge in [0.1, 0.15) is 5.82 Å². The summed E-state index contributed by atoms with van der Waals surface area (Å²) in [5.74, 6) is 0.443. The van der Waals surface area contributed by atoms with E-state index in [0.29, 0.717) is 31.3 Å². The summed E-state index contributed by atoms with van der Waals surface area (Å²) in [6.07, 6.45) is 3.05. The third-order valence-electron chi connectivity index (χ3n) is 4.29. The molecule has 1 aromatic carbocycles. The zero-order valence-electron chi connectivity index (χ0n) is 16.7. The topological polar surface area (TPSA) is 85.8 Å². The molecule has 2 rings (SSSR count). The van der Waals surface area contributed by atoms with Crippen LogP contribution >= 0.6 is 24.0 Å². The van der Waals surface area contributed by atoms with E-state index in [4.69, 9.17) is 0 Å².